The minimum Gasteiger partial charge on any atom is -0.383 e. The highest BCUT2D eigenvalue weighted by Gasteiger charge is 2.30. The molecule has 1 aliphatic rings. The molecule has 2 rings (SSSR count). The molecule has 0 unspecified atom stereocenters. The van der Waals surface area contributed by atoms with Gasteiger partial charge in [-0.3, -0.25) is 0 Å². The first-order valence-electron chi connectivity index (χ1n) is 6.44. The Morgan fingerprint density at radius 2 is 2.22 bits per heavy atom. The van der Waals surface area contributed by atoms with Crippen molar-refractivity contribution in [1.82, 2.24) is 0 Å². The molecule has 0 aliphatic heterocycles. The molecular formula is C14H21FN2O. The number of methoxy groups -OCH3 is 1. The molecule has 1 saturated carbocycles. The molecule has 2 N–H and O–H groups in total. The van der Waals surface area contributed by atoms with Gasteiger partial charge in [-0.25, -0.2) is 4.39 Å². The summed E-state index contributed by atoms with van der Waals surface area (Å²) in [6.07, 6.45) is 2.39. The van der Waals surface area contributed by atoms with Gasteiger partial charge in [0.15, 0.2) is 0 Å². The molecule has 1 aromatic carbocycles. The predicted molar refractivity (Wildman–Crippen MR) is 71.2 cm³/mol. The lowest BCUT2D eigenvalue weighted by atomic mass is 10.1. The first-order chi connectivity index (χ1) is 8.63. The average molecular weight is 252 g/mol. The quantitative estimate of drug-likeness (QED) is 0.845. The Balaban J connectivity index is 2.28. The lowest BCUT2D eigenvalue weighted by Crippen LogP contribution is -2.31. The first-order valence-corrected chi connectivity index (χ1v) is 6.44. The zero-order valence-corrected chi connectivity index (χ0v) is 11.0. The van der Waals surface area contributed by atoms with Crippen LogP contribution >= 0.6 is 0 Å². The lowest BCUT2D eigenvalue weighted by Gasteiger charge is -2.28. The maximum atomic E-state index is 13.3. The van der Waals surface area contributed by atoms with Crippen LogP contribution in [-0.4, -0.2) is 26.3 Å². The summed E-state index contributed by atoms with van der Waals surface area (Å²) in [5.74, 6) is -0.228. The molecule has 0 amide bonds. The van der Waals surface area contributed by atoms with Crippen molar-refractivity contribution >= 4 is 5.69 Å². The van der Waals surface area contributed by atoms with Crippen LogP contribution < -0.4 is 10.6 Å². The molecule has 4 heteroatoms. The Bertz CT molecular complexity index is 405. The summed E-state index contributed by atoms with van der Waals surface area (Å²) in [5.41, 5.74) is 7.87. The second kappa shape index (κ2) is 5.67. The zero-order chi connectivity index (χ0) is 13.1. The van der Waals surface area contributed by atoms with Crippen molar-refractivity contribution in [3.05, 3.63) is 29.6 Å². The molecule has 0 bridgehead atoms. The lowest BCUT2D eigenvalue weighted by molar-refractivity contribution is 0.205. The Hall–Kier alpha value is -1.13. The largest absolute Gasteiger partial charge is 0.383 e. The van der Waals surface area contributed by atoms with Gasteiger partial charge in [-0.1, -0.05) is 0 Å². The number of anilines is 1. The Morgan fingerprint density at radius 1 is 1.50 bits per heavy atom. The third-order valence-corrected chi connectivity index (χ3v) is 3.31. The third kappa shape index (κ3) is 3.00. The molecule has 1 atom stereocenters. The molecule has 3 nitrogen and oxygen atoms in total. The molecule has 1 fully saturated rings. The topological polar surface area (TPSA) is 38.5 Å². The minimum absolute atomic E-state index is 0.167. The third-order valence-electron chi connectivity index (χ3n) is 3.31. The van der Waals surface area contributed by atoms with Crippen molar-refractivity contribution in [1.29, 1.82) is 0 Å². The first kappa shape index (κ1) is 13.3. The minimum atomic E-state index is -0.228. The van der Waals surface area contributed by atoms with E-state index in [9.17, 15) is 4.39 Å². The van der Waals surface area contributed by atoms with Crippen molar-refractivity contribution in [3.8, 4) is 0 Å². The van der Waals surface area contributed by atoms with E-state index in [0.29, 0.717) is 12.6 Å². The fourth-order valence-corrected chi connectivity index (χ4v) is 2.23. The number of benzene rings is 1. The van der Waals surface area contributed by atoms with Gasteiger partial charge in [0.05, 0.1) is 6.61 Å². The number of ether oxygens (including phenoxy) is 1. The SMILES string of the molecule is COCCN(c1ccc(F)cc1[C@@H](C)N)C1CC1. The molecule has 0 aromatic heterocycles. The van der Waals surface area contributed by atoms with Crippen molar-refractivity contribution in [2.45, 2.75) is 31.8 Å². The van der Waals surface area contributed by atoms with Gasteiger partial charge >= 0.3 is 0 Å². The molecule has 18 heavy (non-hydrogen) atoms. The van der Waals surface area contributed by atoms with Crippen molar-refractivity contribution in [3.63, 3.8) is 0 Å². The van der Waals surface area contributed by atoms with Crippen LogP contribution in [0.25, 0.3) is 0 Å². The van der Waals surface area contributed by atoms with Gasteiger partial charge in [-0.2, -0.15) is 0 Å². The number of hydrogen-bond donors (Lipinski definition) is 1. The molecule has 0 saturated heterocycles. The van der Waals surface area contributed by atoms with Crippen LogP contribution in [0, 0.1) is 5.82 Å². The number of rotatable bonds is 6. The van der Waals surface area contributed by atoms with E-state index in [-0.39, 0.29) is 11.9 Å². The van der Waals surface area contributed by atoms with E-state index < -0.39 is 0 Å². The van der Waals surface area contributed by atoms with Crippen LogP contribution in [0.15, 0.2) is 18.2 Å². The summed E-state index contributed by atoms with van der Waals surface area (Å²) in [6, 6.07) is 5.27. The van der Waals surface area contributed by atoms with Crippen LogP contribution in [0.5, 0.6) is 0 Å². The highest BCUT2D eigenvalue weighted by atomic mass is 19.1. The maximum Gasteiger partial charge on any atom is 0.123 e. The van der Waals surface area contributed by atoms with E-state index in [1.807, 2.05) is 13.0 Å². The van der Waals surface area contributed by atoms with Crippen LogP contribution in [0.4, 0.5) is 10.1 Å². The van der Waals surface area contributed by atoms with Gasteiger partial charge in [-0.15, -0.1) is 0 Å². The predicted octanol–water partition coefficient (Wildman–Crippen LogP) is 2.46. The molecule has 0 heterocycles. The number of halogens is 1. The van der Waals surface area contributed by atoms with E-state index in [0.717, 1.165) is 17.8 Å². The van der Waals surface area contributed by atoms with Crippen LogP contribution in [0.3, 0.4) is 0 Å². The summed E-state index contributed by atoms with van der Waals surface area (Å²) in [5, 5.41) is 0. The monoisotopic (exact) mass is 252 g/mol. The molecule has 1 aromatic rings. The summed E-state index contributed by atoms with van der Waals surface area (Å²) in [4.78, 5) is 2.29. The van der Waals surface area contributed by atoms with Gasteiger partial charge in [0, 0.05) is 31.4 Å². The average Bonchev–Trinajstić information content (AvgIpc) is 3.15. The fraction of sp³-hybridized carbons (Fsp3) is 0.571. The number of hydrogen-bond acceptors (Lipinski definition) is 3. The summed E-state index contributed by atoms with van der Waals surface area (Å²) in [7, 11) is 1.70. The second-order valence-corrected chi connectivity index (χ2v) is 4.91. The molecule has 1 aliphatic carbocycles. The van der Waals surface area contributed by atoms with E-state index >= 15 is 0 Å². The van der Waals surface area contributed by atoms with E-state index in [4.69, 9.17) is 10.5 Å². The van der Waals surface area contributed by atoms with E-state index in [2.05, 4.69) is 4.90 Å². The Labute approximate surface area is 108 Å². The van der Waals surface area contributed by atoms with Crippen molar-refractivity contribution in [2.24, 2.45) is 5.73 Å². The second-order valence-electron chi connectivity index (χ2n) is 4.91. The van der Waals surface area contributed by atoms with Crippen LogP contribution in [0.2, 0.25) is 0 Å². The number of nitrogens with zero attached hydrogens (tertiary/aromatic N) is 1. The summed E-state index contributed by atoms with van der Waals surface area (Å²) < 4.78 is 18.5. The number of nitrogens with two attached hydrogens (primary N) is 1. The molecule has 0 radical (unpaired) electrons. The zero-order valence-electron chi connectivity index (χ0n) is 11.0. The van der Waals surface area contributed by atoms with Crippen LogP contribution in [-0.2, 0) is 4.74 Å². The Morgan fingerprint density at radius 3 is 2.78 bits per heavy atom. The molecule has 100 valence electrons. The van der Waals surface area contributed by atoms with Gasteiger partial charge in [0.25, 0.3) is 0 Å². The highest BCUT2D eigenvalue weighted by molar-refractivity contribution is 5.56. The van der Waals surface area contributed by atoms with Crippen LogP contribution in [0.1, 0.15) is 31.4 Å². The standard InChI is InChI=1S/C14H21FN2O/c1-10(16)13-9-11(15)3-6-14(13)17(7-8-18-2)12-4-5-12/h3,6,9-10,12H,4-5,7-8,16H2,1-2H3/t10-/m1/s1. The van der Waals surface area contributed by atoms with Crippen molar-refractivity contribution < 1.29 is 9.13 Å². The van der Waals surface area contributed by atoms with Gasteiger partial charge in [0.2, 0.25) is 0 Å². The summed E-state index contributed by atoms with van der Waals surface area (Å²) >= 11 is 0. The van der Waals surface area contributed by atoms with Crippen molar-refractivity contribution in [2.75, 3.05) is 25.2 Å². The fourth-order valence-electron chi connectivity index (χ4n) is 2.23. The van der Waals surface area contributed by atoms with Gasteiger partial charge < -0.3 is 15.4 Å². The van der Waals surface area contributed by atoms with Gasteiger partial charge in [-0.05, 0) is 43.5 Å². The smallest absolute Gasteiger partial charge is 0.123 e. The van der Waals surface area contributed by atoms with E-state index in [1.54, 1.807) is 13.2 Å². The Kier molecular flexibility index (Phi) is 4.19. The maximum absolute atomic E-state index is 13.3. The molecule has 0 spiro atoms. The summed E-state index contributed by atoms with van der Waals surface area (Å²) in [6.45, 7) is 3.39. The van der Waals surface area contributed by atoms with Gasteiger partial charge in [0.1, 0.15) is 5.82 Å². The highest BCUT2D eigenvalue weighted by Crippen LogP contribution is 2.35. The van der Waals surface area contributed by atoms with E-state index in [1.165, 1.54) is 18.9 Å². The molecular weight excluding hydrogens is 231 g/mol. The normalized spacial score (nSPS) is 16.7.